The second-order valence-corrected chi connectivity index (χ2v) is 5.48. The topological polar surface area (TPSA) is 68.0 Å². The molecule has 2 heterocycles. The largest absolute Gasteiger partial charge is 0.417 e. The van der Waals surface area contributed by atoms with Gasteiger partial charge >= 0.3 is 5.76 Å². The Labute approximate surface area is 128 Å². The van der Waals surface area contributed by atoms with Crippen LogP contribution in [0, 0.1) is 6.92 Å². The quantitative estimate of drug-likeness (QED) is 0.788. The Balaban J connectivity index is 2.20. The van der Waals surface area contributed by atoms with Crippen LogP contribution in [0.1, 0.15) is 11.1 Å². The number of halogens is 2. The summed E-state index contributed by atoms with van der Waals surface area (Å²) in [6, 6.07) is 5.15. The maximum absolute atomic E-state index is 12.4. The van der Waals surface area contributed by atoms with Gasteiger partial charge in [-0.25, -0.2) is 4.79 Å². The molecule has 21 heavy (non-hydrogen) atoms. The maximum Gasteiger partial charge on any atom is 0.417 e. The van der Waals surface area contributed by atoms with Crippen LogP contribution in [-0.2, 0) is 6.54 Å². The minimum Gasteiger partial charge on any atom is -0.407 e. The number of aryl methyl sites for hydroxylation is 1. The van der Waals surface area contributed by atoms with Crippen molar-refractivity contribution in [2.75, 3.05) is 0 Å². The van der Waals surface area contributed by atoms with Gasteiger partial charge in [0.05, 0.1) is 6.54 Å². The molecule has 0 bridgehead atoms. The lowest BCUT2D eigenvalue weighted by molar-refractivity contribution is 0.552. The number of hydrogen-bond donors (Lipinski definition) is 1. The van der Waals surface area contributed by atoms with Crippen LogP contribution in [0.3, 0.4) is 0 Å². The molecule has 0 atom stereocenters. The summed E-state index contributed by atoms with van der Waals surface area (Å²) in [5.41, 5.74) is 1.37. The second-order valence-electron chi connectivity index (χ2n) is 4.66. The lowest BCUT2D eigenvalue weighted by Gasteiger charge is -2.10. The molecular formula is C14H10Cl2N2O3. The van der Waals surface area contributed by atoms with E-state index in [2.05, 4.69) is 4.98 Å². The number of H-pyrrole nitrogens is 1. The van der Waals surface area contributed by atoms with Crippen molar-refractivity contribution in [2.24, 2.45) is 0 Å². The van der Waals surface area contributed by atoms with Gasteiger partial charge in [-0.15, -0.1) is 0 Å². The van der Waals surface area contributed by atoms with E-state index in [-0.39, 0.29) is 23.2 Å². The van der Waals surface area contributed by atoms with E-state index in [4.69, 9.17) is 27.6 Å². The van der Waals surface area contributed by atoms with E-state index in [1.54, 1.807) is 31.3 Å². The predicted octanol–water partition coefficient (Wildman–Crippen LogP) is 2.95. The van der Waals surface area contributed by atoms with Crippen LogP contribution in [0.2, 0.25) is 10.0 Å². The van der Waals surface area contributed by atoms with Gasteiger partial charge in [0, 0.05) is 27.4 Å². The molecule has 1 aromatic carbocycles. The zero-order valence-electron chi connectivity index (χ0n) is 10.9. The molecule has 5 nitrogen and oxygen atoms in total. The lowest BCUT2D eigenvalue weighted by Crippen LogP contribution is -2.21. The van der Waals surface area contributed by atoms with Crippen molar-refractivity contribution < 1.29 is 4.42 Å². The number of fused-ring (bicyclic) bond motifs is 1. The molecule has 0 unspecified atom stereocenters. The van der Waals surface area contributed by atoms with Gasteiger partial charge in [0.25, 0.3) is 5.56 Å². The van der Waals surface area contributed by atoms with Crippen LogP contribution >= 0.6 is 23.2 Å². The number of benzene rings is 1. The highest BCUT2D eigenvalue weighted by molar-refractivity contribution is 6.35. The maximum atomic E-state index is 12.4. The Kier molecular flexibility index (Phi) is 3.39. The summed E-state index contributed by atoms with van der Waals surface area (Å²) in [6.45, 7) is 1.96. The number of oxazole rings is 1. The molecule has 0 radical (unpaired) electrons. The van der Waals surface area contributed by atoms with Gasteiger partial charge in [0.1, 0.15) is 0 Å². The van der Waals surface area contributed by atoms with Crippen molar-refractivity contribution in [1.82, 2.24) is 9.55 Å². The van der Waals surface area contributed by atoms with Crippen LogP contribution < -0.4 is 11.3 Å². The molecule has 0 fully saturated rings. The molecule has 2 aromatic heterocycles. The number of rotatable bonds is 2. The minimum atomic E-state index is -0.654. The standard InChI is InChI=1S/C14H10Cl2N2O3/c1-7-5-18(6-8-9(15)3-2-4-10(8)16)13(19)11-12(7)21-14(20)17-11/h2-5H,6H2,1H3,(H,17,20). The molecule has 0 aliphatic rings. The fourth-order valence-electron chi connectivity index (χ4n) is 2.22. The van der Waals surface area contributed by atoms with E-state index in [0.717, 1.165) is 0 Å². The number of nitrogens with zero attached hydrogens (tertiary/aromatic N) is 1. The van der Waals surface area contributed by atoms with Gasteiger partial charge < -0.3 is 8.98 Å². The normalized spacial score (nSPS) is 11.2. The zero-order chi connectivity index (χ0) is 15.1. The average molecular weight is 325 g/mol. The van der Waals surface area contributed by atoms with E-state index in [9.17, 15) is 9.59 Å². The second kappa shape index (κ2) is 5.09. The Morgan fingerprint density at radius 1 is 1.24 bits per heavy atom. The van der Waals surface area contributed by atoms with Crippen LogP contribution in [-0.4, -0.2) is 9.55 Å². The molecule has 3 rings (SSSR count). The van der Waals surface area contributed by atoms with Gasteiger partial charge in [-0.2, -0.15) is 0 Å². The SMILES string of the molecule is Cc1cn(Cc2c(Cl)cccc2Cl)c(=O)c2[nH]c(=O)oc12. The van der Waals surface area contributed by atoms with Crippen molar-refractivity contribution in [3.63, 3.8) is 0 Å². The third kappa shape index (κ3) is 2.39. The number of nitrogens with one attached hydrogen (secondary N) is 1. The molecule has 3 aromatic rings. The number of hydrogen-bond acceptors (Lipinski definition) is 3. The van der Waals surface area contributed by atoms with Crippen molar-refractivity contribution in [3.05, 3.63) is 66.5 Å². The molecule has 7 heteroatoms. The summed E-state index contributed by atoms with van der Waals surface area (Å²) < 4.78 is 6.40. The molecule has 108 valence electrons. The first-order valence-corrected chi connectivity index (χ1v) is 6.88. The first-order chi connectivity index (χ1) is 9.97. The first kappa shape index (κ1) is 14.0. The fraction of sp³-hybridized carbons (Fsp3) is 0.143. The van der Waals surface area contributed by atoms with E-state index in [1.165, 1.54) is 4.57 Å². The molecule has 0 saturated carbocycles. The molecule has 0 aliphatic heterocycles. The number of aromatic nitrogens is 2. The molecule has 1 N–H and O–H groups in total. The first-order valence-electron chi connectivity index (χ1n) is 6.13. The number of aromatic amines is 1. The molecule has 0 spiro atoms. The molecule has 0 amide bonds. The molecule has 0 aliphatic carbocycles. The van der Waals surface area contributed by atoms with Gasteiger partial charge in [-0.1, -0.05) is 29.3 Å². The minimum absolute atomic E-state index is 0.142. The average Bonchev–Trinajstić information content (AvgIpc) is 2.82. The van der Waals surface area contributed by atoms with Gasteiger partial charge in [-0.05, 0) is 19.1 Å². The zero-order valence-corrected chi connectivity index (χ0v) is 12.5. The third-order valence-corrected chi connectivity index (χ3v) is 3.93. The summed E-state index contributed by atoms with van der Waals surface area (Å²) in [5, 5.41) is 0.959. The van der Waals surface area contributed by atoms with E-state index in [1.807, 2.05) is 0 Å². The van der Waals surface area contributed by atoms with Gasteiger partial charge in [-0.3, -0.25) is 9.78 Å². The van der Waals surface area contributed by atoms with E-state index in [0.29, 0.717) is 21.2 Å². The van der Waals surface area contributed by atoms with Crippen LogP contribution in [0.4, 0.5) is 0 Å². The highest BCUT2D eigenvalue weighted by Gasteiger charge is 2.13. The number of pyridine rings is 1. The summed E-state index contributed by atoms with van der Waals surface area (Å²) in [5.74, 6) is -0.654. The summed E-state index contributed by atoms with van der Waals surface area (Å²) in [7, 11) is 0. The molecule has 0 saturated heterocycles. The fourth-order valence-corrected chi connectivity index (χ4v) is 2.74. The summed E-state index contributed by atoms with van der Waals surface area (Å²) in [6.07, 6.45) is 1.61. The Morgan fingerprint density at radius 2 is 1.90 bits per heavy atom. The highest BCUT2D eigenvalue weighted by atomic mass is 35.5. The summed E-state index contributed by atoms with van der Waals surface area (Å²) >= 11 is 12.2. The Bertz CT molecular complexity index is 933. The van der Waals surface area contributed by atoms with Crippen molar-refractivity contribution in [3.8, 4) is 0 Å². The Hall–Kier alpha value is -1.98. The third-order valence-electron chi connectivity index (χ3n) is 3.22. The smallest absolute Gasteiger partial charge is 0.407 e. The highest BCUT2D eigenvalue weighted by Crippen LogP contribution is 2.25. The van der Waals surface area contributed by atoms with Crippen LogP contribution in [0.15, 0.2) is 38.4 Å². The Morgan fingerprint density at radius 3 is 2.57 bits per heavy atom. The van der Waals surface area contributed by atoms with Crippen molar-refractivity contribution in [1.29, 1.82) is 0 Å². The van der Waals surface area contributed by atoms with Crippen LogP contribution in [0.25, 0.3) is 11.1 Å². The molecular weight excluding hydrogens is 315 g/mol. The van der Waals surface area contributed by atoms with E-state index < -0.39 is 5.76 Å². The monoisotopic (exact) mass is 324 g/mol. The lowest BCUT2D eigenvalue weighted by atomic mass is 10.2. The van der Waals surface area contributed by atoms with Crippen molar-refractivity contribution in [2.45, 2.75) is 13.5 Å². The van der Waals surface area contributed by atoms with Crippen molar-refractivity contribution >= 4 is 34.3 Å². The predicted molar refractivity (Wildman–Crippen MR) is 81.4 cm³/mol. The van der Waals surface area contributed by atoms with Crippen LogP contribution in [0.5, 0.6) is 0 Å². The summed E-state index contributed by atoms with van der Waals surface area (Å²) in [4.78, 5) is 26.0. The van der Waals surface area contributed by atoms with Gasteiger partial charge in [0.15, 0.2) is 11.1 Å². The van der Waals surface area contributed by atoms with Gasteiger partial charge in [0.2, 0.25) is 0 Å². The van der Waals surface area contributed by atoms with E-state index >= 15 is 0 Å².